The van der Waals surface area contributed by atoms with E-state index in [1.54, 1.807) is 28.0 Å². The Labute approximate surface area is 182 Å². The van der Waals surface area contributed by atoms with E-state index >= 15 is 0 Å². The second-order valence-corrected chi connectivity index (χ2v) is 8.15. The van der Waals surface area contributed by atoms with E-state index in [2.05, 4.69) is 66.8 Å². The summed E-state index contributed by atoms with van der Waals surface area (Å²) in [5.41, 5.74) is 11.8. The van der Waals surface area contributed by atoms with Gasteiger partial charge < -0.3 is 24.8 Å². The number of rotatable bonds is 2. The third-order valence-corrected chi connectivity index (χ3v) is 6.44. The summed E-state index contributed by atoms with van der Waals surface area (Å²) in [5, 5.41) is 0. The molecule has 5 rings (SSSR count). The first-order valence-electron chi connectivity index (χ1n) is 8.55. The summed E-state index contributed by atoms with van der Waals surface area (Å²) in [4.78, 5) is 0. The summed E-state index contributed by atoms with van der Waals surface area (Å²) in [6, 6.07) is 15.7. The molecule has 0 saturated carbocycles. The van der Waals surface area contributed by atoms with Crippen LogP contribution >= 0.6 is 0 Å². The van der Waals surface area contributed by atoms with E-state index < -0.39 is 0 Å². The van der Waals surface area contributed by atoms with Gasteiger partial charge in [-0.05, 0) is 0 Å². The first-order chi connectivity index (χ1) is 11.8. The zero-order valence-corrected chi connectivity index (χ0v) is 18.2. The Morgan fingerprint density at radius 1 is 0.808 bits per heavy atom. The summed E-state index contributed by atoms with van der Waals surface area (Å²) in [6.07, 6.45) is 12.5. The minimum atomic E-state index is 0. The van der Waals surface area contributed by atoms with Gasteiger partial charge in [0.05, 0.1) is 0 Å². The molecule has 0 atom stereocenters. The molecule has 0 radical (unpaired) electrons. The summed E-state index contributed by atoms with van der Waals surface area (Å²) < 4.78 is 1.59. The van der Waals surface area contributed by atoms with Crippen LogP contribution in [-0.2, 0) is 31.1 Å². The number of halogens is 2. The molecule has 0 amide bonds. The topological polar surface area (TPSA) is 0 Å². The summed E-state index contributed by atoms with van der Waals surface area (Å²) in [6.45, 7) is 0. The van der Waals surface area contributed by atoms with Crippen molar-refractivity contribution in [3.05, 3.63) is 97.9 Å². The van der Waals surface area contributed by atoms with E-state index in [-0.39, 0.29) is 24.8 Å². The van der Waals surface area contributed by atoms with Crippen LogP contribution in [0.2, 0.25) is 0 Å². The molecule has 127 valence electrons. The molecule has 0 bridgehead atoms. The Morgan fingerprint density at radius 3 is 2.38 bits per heavy atom. The molecule has 2 aromatic rings. The first-order valence-corrected chi connectivity index (χ1v) is 9.78. The van der Waals surface area contributed by atoms with Gasteiger partial charge in [-0.2, -0.15) is 0 Å². The number of allylic oxidation sites excluding steroid dienone is 8. The molecule has 0 spiro atoms. The van der Waals surface area contributed by atoms with Gasteiger partial charge in [-0.1, -0.05) is 0 Å². The standard InChI is InChI=1S/C23H17.2ClH.Zr/c1-2-8-16(7-1)18-11-5-12-20(18)22-14-6-13-21-19-10-4-3-9-17(19)15-23(21)22;;;/h1-4,6-7,9-11,13-14H,5,8,15H2;2*1H;/q;;;+2/p-2. The Morgan fingerprint density at radius 2 is 1.58 bits per heavy atom. The second-order valence-electron chi connectivity index (χ2n) is 6.67. The Bertz CT molecular complexity index is 993. The third-order valence-electron chi connectivity index (χ3n) is 5.32. The van der Waals surface area contributed by atoms with Crippen LogP contribution in [0.4, 0.5) is 0 Å². The van der Waals surface area contributed by atoms with Crippen LogP contribution in [0.15, 0.2) is 81.2 Å². The first kappa shape index (κ1) is 19.6. The maximum absolute atomic E-state index is 2.44. The van der Waals surface area contributed by atoms with Crippen LogP contribution in [-0.4, -0.2) is 0 Å². The molecule has 3 aliphatic rings. The van der Waals surface area contributed by atoms with Crippen molar-refractivity contribution in [2.75, 3.05) is 0 Å². The van der Waals surface area contributed by atoms with Gasteiger partial charge in [0.25, 0.3) is 0 Å². The van der Waals surface area contributed by atoms with Gasteiger partial charge >= 0.3 is 159 Å². The zero-order chi connectivity index (χ0) is 16.1. The number of hydrogen-bond acceptors (Lipinski definition) is 0. The molecule has 0 fully saturated rings. The molecule has 3 heteroatoms. The van der Waals surface area contributed by atoms with Crippen molar-refractivity contribution >= 4 is 5.57 Å². The van der Waals surface area contributed by atoms with Crippen LogP contribution in [0.25, 0.3) is 16.7 Å². The van der Waals surface area contributed by atoms with Gasteiger partial charge in [0, 0.05) is 0 Å². The molecule has 0 nitrogen and oxygen atoms in total. The van der Waals surface area contributed by atoms with Crippen molar-refractivity contribution in [1.29, 1.82) is 0 Å². The maximum atomic E-state index is 2.44. The summed E-state index contributed by atoms with van der Waals surface area (Å²) in [5.74, 6) is 0. The molecule has 0 unspecified atom stereocenters. The van der Waals surface area contributed by atoms with Crippen molar-refractivity contribution in [2.45, 2.75) is 19.3 Å². The van der Waals surface area contributed by atoms with Crippen LogP contribution in [0.5, 0.6) is 0 Å². The Balaban J connectivity index is 0.000000980. The number of fused-ring (bicyclic) bond motifs is 3. The quantitative estimate of drug-likeness (QED) is 0.500. The van der Waals surface area contributed by atoms with Crippen molar-refractivity contribution in [1.82, 2.24) is 0 Å². The fourth-order valence-corrected chi connectivity index (χ4v) is 5.12. The van der Waals surface area contributed by atoms with Crippen molar-refractivity contribution in [3.63, 3.8) is 0 Å². The normalized spacial score (nSPS) is 16.5. The van der Waals surface area contributed by atoms with E-state index in [0.29, 0.717) is 0 Å². The second kappa shape index (κ2) is 7.85. The Kier molecular flexibility index (Phi) is 5.92. The average molecular weight is 456 g/mol. The molecule has 0 N–H and O–H groups in total. The summed E-state index contributed by atoms with van der Waals surface area (Å²) >= 11 is 1.55. The SMILES string of the molecule is [Cl-].[Cl-].[Zr+2][C]1=C(c2cccc3c2Cc2ccccc2-3)C(C2=CC=CC2)=CC1. The molecule has 0 saturated heterocycles. The van der Waals surface area contributed by atoms with Gasteiger partial charge in [-0.25, -0.2) is 0 Å². The molecule has 2 aromatic carbocycles. The van der Waals surface area contributed by atoms with Crippen molar-refractivity contribution in [2.24, 2.45) is 0 Å². The van der Waals surface area contributed by atoms with Crippen LogP contribution < -0.4 is 24.8 Å². The van der Waals surface area contributed by atoms with E-state index in [1.807, 2.05) is 0 Å². The molecular weight excluding hydrogens is 438 g/mol. The van der Waals surface area contributed by atoms with E-state index in [9.17, 15) is 0 Å². The molecule has 0 aromatic heterocycles. The van der Waals surface area contributed by atoms with Gasteiger partial charge in [-0.3, -0.25) is 0 Å². The van der Waals surface area contributed by atoms with Gasteiger partial charge in [0.2, 0.25) is 0 Å². The fourth-order valence-electron chi connectivity index (χ4n) is 4.21. The Hall–Kier alpha value is -1.14. The van der Waals surface area contributed by atoms with Crippen molar-refractivity contribution in [3.8, 4) is 11.1 Å². The predicted octanol–water partition coefficient (Wildman–Crippen LogP) is -0.260. The van der Waals surface area contributed by atoms with Crippen LogP contribution in [0.1, 0.15) is 29.5 Å². The van der Waals surface area contributed by atoms with Gasteiger partial charge in [0.15, 0.2) is 0 Å². The molecule has 0 heterocycles. The summed E-state index contributed by atoms with van der Waals surface area (Å²) in [7, 11) is 0. The van der Waals surface area contributed by atoms with Crippen LogP contribution in [0, 0.1) is 0 Å². The predicted molar refractivity (Wildman–Crippen MR) is 96.1 cm³/mol. The molecule has 26 heavy (non-hydrogen) atoms. The zero-order valence-electron chi connectivity index (χ0n) is 14.2. The monoisotopic (exact) mass is 453 g/mol. The minimum absolute atomic E-state index is 0. The molecule has 3 aliphatic carbocycles. The molecule has 0 aliphatic heterocycles. The van der Waals surface area contributed by atoms with E-state index in [4.69, 9.17) is 0 Å². The van der Waals surface area contributed by atoms with E-state index in [1.165, 1.54) is 44.5 Å². The average Bonchev–Trinajstić information content (AvgIpc) is 3.32. The van der Waals surface area contributed by atoms with Gasteiger partial charge in [0.1, 0.15) is 0 Å². The number of hydrogen-bond donors (Lipinski definition) is 0. The molecular formula is C23H17Cl2Zr. The van der Waals surface area contributed by atoms with Crippen LogP contribution in [0.3, 0.4) is 0 Å². The fraction of sp³-hybridized carbons (Fsp3) is 0.130. The number of benzene rings is 2. The van der Waals surface area contributed by atoms with Gasteiger partial charge in [-0.15, -0.1) is 0 Å². The third kappa shape index (κ3) is 3.05. The van der Waals surface area contributed by atoms with Crippen molar-refractivity contribution < 1.29 is 49.5 Å². The van der Waals surface area contributed by atoms with E-state index in [0.717, 1.165) is 19.3 Å².